The highest BCUT2D eigenvalue weighted by Gasteiger charge is 2.25. The van der Waals surface area contributed by atoms with Crippen molar-refractivity contribution in [2.45, 2.75) is 58.3 Å². The fourth-order valence-corrected chi connectivity index (χ4v) is 2.38. The van der Waals surface area contributed by atoms with Gasteiger partial charge in [-0.1, -0.05) is 19.8 Å². The van der Waals surface area contributed by atoms with Crippen LogP contribution in [0, 0.1) is 5.82 Å². The van der Waals surface area contributed by atoms with Crippen molar-refractivity contribution in [1.82, 2.24) is 9.55 Å². The van der Waals surface area contributed by atoms with E-state index in [0.29, 0.717) is 6.42 Å². The van der Waals surface area contributed by atoms with Crippen molar-refractivity contribution in [3.05, 3.63) is 22.5 Å². The maximum atomic E-state index is 14.0. The molecule has 2 heterocycles. The highest BCUT2D eigenvalue weighted by Crippen LogP contribution is 2.26. The van der Waals surface area contributed by atoms with Crippen molar-refractivity contribution >= 4 is 11.9 Å². The number of carbonyl (C=O) groups is 1. The molecule has 8 heteroatoms. The Hall–Kier alpha value is -1.96. The van der Waals surface area contributed by atoms with Gasteiger partial charge < -0.3 is 9.47 Å². The first-order chi connectivity index (χ1) is 11.0. The number of anilines is 1. The van der Waals surface area contributed by atoms with E-state index in [2.05, 4.69) is 10.3 Å². The van der Waals surface area contributed by atoms with E-state index in [0.717, 1.165) is 36.4 Å². The molecule has 1 fully saturated rings. The van der Waals surface area contributed by atoms with Crippen LogP contribution < -0.4 is 11.0 Å². The summed E-state index contributed by atoms with van der Waals surface area (Å²) in [6, 6.07) is 0. The highest BCUT2D eigenvalue weighted by molar-refractivity contribution is 5.83. The molecule has 1 N–H and O–H groups in total. The number of nitrogens with zero attached hydrogens (tertiary/aromatic N) is 2. The first kappa shape index (κ1) is 17.4. The van der Waals surface area contributed by atoms with Crippen molar-refractivity contribution in [2.24, 2.45) is 0 Å². The van der Waals surface area contributed by atoms with Gasteiger partial charge in [-0.15, -0.1) is 0 Å². The lowest BCUT2D eigenvalue weighted by Crippen LogP contribution is -2.29. The second-order valence-corrected chi connectivity index (χ2v) is 5.57. The second-order valence-electron chi connectivity index (χ2n) is 5.57. The van der Waals surface area contributed by atoms with Crippen LogP contribution in [0.1, 0.15) is 52.2 Å². The number of halogens is 1. The van der Waals surface area contributed by atoms with Crippen LogP contribution in [0.25, 0.3) is 0 Å². The van der Waals surface area contributed by atoms with Gasteiger partial charge in [-0.2, -0.15) is 4.98 Å². The number of aromatic nitrogens is 2. The minimum Gasteiger partial charge on any atom is -0.449 e. The smallest absolute Gasteiger partial charge is 0.412 e. The van der Waals surface area contributed by atoms with Crippen molar-refractivity contribution in [2.75, 3.05) is 11.9 Å². The second kappa shape index (κ2) is 8.05. The minimum absolute atomic E-state index is 0.0193. The van der Waals surface area contributed by atoms with Crippen LogP contribution >= 0.6 is 0 Å². The molecule has 128 valence electrons. The van der Waals surface area contributed by atoms with Gasteiger partial charge in [0.1, 0.15) is 6.23 Å². The van der Waals surface area contributed by atoms with E-state index in [1.807, 2.05) is 13.8 Å². The van der Waals surface area contributed by atoms with E-state index in [1.54, 1.807) is 0 Å². The number of amides is 1. The summed E-state index contributed by atoms with van der Waals surface area (Å²) in [6.07, 6.45) is 3.77. The lowest BCUT2D eigenvalue weighted by Gasteiger charge is -2.15. The number of carbonyl (C=O) groups excluding carboxylic acids is 1. The van der Waals surface area contributed by atoms with E-state index in [4.69, 9.17) is 9.47 Å². The number of hydrogen-bond acceptors (Lipinski definition) is 5. The maximum absolute atomic E-state index is 14.0. The molecule has 0 aliphatic carbocycles. The average Bonchev–Trinajstić information content (AvgIpc) is 2.93. The largest absolute Gasteiger partial charge is 0.449 e. The summed E-state index contributed by atoms with van der Waals surface area (Å²) >= 11 is 0. The summed E-state index contributed by atoms with van der Waals surface area (Å²) < 4.78 is 25.6. The normalized spacial score (nSPS) is 20.5. The van der Waals surface area contributed by atoms with Crippen LogP contribution in [-0.2, 0) is 9.47 Å². The molecule has 2 rings (SSSR count). The van der Waals surface area contributed by atoms with Gasteiger partial charge in [0.25, 0.3) is 0 Å². The molecular formula is C15H22FN3O4. The molecule has 0 unspecified atom stereocenters. The first-order valence-corrected chi connectivity index (χ1v) is 7.89. The Morgan fingerprint density at radius 1 is 1.52 bits per heavy atom. The molecule has 1 saturated heterocycles. The number of nitrogens with one attached hydrogen (secondary N) is 1. The molecule has 0 aromatic carbocycles. The summed E-state index contributed by atoms with van der Waals surface area (Å²) in [5.74, 6) is -1.24. The Kier molecular flexibility index (Phi) is 6.09. The third-order valence-corrected chi connectivity index (χ3v) is 3.63. The van der Waals surface area contributed by atoms with E-state index in [9.17, 15) is 14.0 Å². The summed E-state index contributed by atoms with van der Waals surface area (Å²) in [4.78, 5) is 27.1. The molecule has 1 aromatic heterocycles. The highest BCUT2D eigenvalue weighted by atomic mass is 19.1. The minimum atomic E-state index is -0.824. The quantitative estimate of drug-likeness (QED) is 0.812. The van der Waals surface area contributed by atoms with Crippen molar-refractivity contribution in [1.29, 1.82) is 0 Å². The fraction of sp³-hybridized carbons (Fsp3) is 0.667. The molecule has 7 nitrogen and oxygen atoms in total. The van der Waals surface area contributed by atoms with Crippen LogP contribution in [-0.4, -0.2) is 28.4 Å². The topological polar surface area (TPSA) is 82.5 Å². The summed E-state index contributed by atoms with van der Waals surface area (Å²) in [5.41, 5.74) is -0.674. The number of unbranched alkanes of at least 4 members (excludes halogenated alkanes) is 2. The van der Waals surface area contributed by atoms with Gasteiger partial charge in [-0.05, 0) is 26.2 Å². The van der Waals surface area contributed by atoms with Gasteiger partial charge in [0.2, 0.25) is 0 Å². The number of ether oxygens (including phenoxy) is 2. The predicted molar refractivity (Wildman–Crippen MR) is 81.8 cm³/mol. The Morgan fingerprint density at radius 3 is 2.96 bits per heavy atom. The molecule has 1 aliphatic heterocycles. The van der Waals surface area contributed by atoms with Crippen LogP contribution in [0.4, 0.5) is 15.0 Å². The van der Waals surface area contributed by atoms with Crippen molar-refractivity contribution in [3.8, 4) is 0 Å². The van der Waals surface area contributed by atoms with E-state index in [-0.39, 0.29) is 12.7 Å². The average molecular weight is 327 g/mol. The maximum Gasteiger partial charge on any atom is 0.412 e. The Bertz CT molecular complexity index is 605. The molecule has 23 heavy (non-hydrogen) atoms. The van der Waals surface area contributed by atoms with Gasteiger partial charge in [0.15, 0.2) is 11.6 Å². The van der Waals surface area contributed by atoms with E-state index < -0.39 is 29.6 Å². The van der Waals surface area contributed by atoms with Crippen LogP contribution in [0.3, 0.4) is 0 Å². The standard InChI is InChI=1S/C15H22FN3O4/c1-3-4-5-8-22-15(21)18-13-11(16)9-19(14(20)17-13)12-7-6-10(2)23-12/h9-10,12H,3-8H2,1-2H3,(H,17,18,20,21)/t10-,12-/m1/s1. The zero-order chi connectivity index (χ0) is 16.8. The number of hydrogen-bond donors (Lipinski definition) is 1. The number of rotatable bonds is 6. The molecule has 0 spiro atoms. The van der Waals surface area contributed by atoms with E-state index >= 15 is 0 Å². The van der Waals surface area contributed by atoms with Gasteiger partial charge in [0, 0.05) is 0 Å². The van der Waals surface area contributed by atoms with Gasteiger partial charge >= 0.3 is 11.8 Å². The summed E-state index contributed by atoms with van der Waals surface area (Å²) in [6.45, 7) is 4.16. The van der Waals surface area contributed by atoms with Crippen LogP contribution in [0.2, 0.25) is 0 Å². The van der Waals surface area contributed by atoms with Crippen LogP contribution in [0.15, 0.2) is 11.0 Å². The summed E-state index contributed by atoms with van der Waals surface area (Å²) in [7, 11) is 0. The fourth-order valence-electron chi connectivity index (χ4n) is 2.38. The van der Waals surface area contributed by atoms with Crippen LogP contribution in [0.5, 0.6) is 0 Å². The van der Waals surface area contributed by atoms with Crippen molar-refractivity contribution in [3.63, 3.8) is 0 Å². The lowest BCUT2D eigenvalue weighted by molar-refractivity contribution is 0.00746. The SMILES string of the molecule is CCCCCOC(=O)Nc1nc(=O)n([C@H]2CC[C@@H](C)O2)cc1F. The Labute approximate surface area is 133 Å². The summed E-state index contributed by atoms with van der Waals surface area (Å²) in [5, 5.41) is 2.15. The van der Waals surface area contributed by atoms with Gasteiger partial charge in [-0.25, -0.2) is 14.0 Å². The molecule has 2 atom stereocenters. The molecule has 0 bridgehead atoms. The monoisotopic (exact) mass is 327 g/mol. The third kappa shape index (κ3) is 4.75. The lowest BCUT2D eigenvalue weighted by atomic mass is 10.2. The first-order valence-electron chi connectivity index (χ1n) is 7.89. The molecule has 0 radical (unpaired) electrons. The Balaban J connectivity index is 1.99. The zero-order valence-corrected chi connectivity index (χ0v) is 13.4. The molecular weight excluding hydrogens is 305 g/mol. The van der Waals surface area contributed by atoms with Gasteiger partial charge in [-0.3, -0.25) is 9.88 Å². The Morgan fingerprint density at radius 2 is 2.30 bits per heavy atom. The molecule has 1 aromatic rings. The van der Waals surface area contributed by atoms with Crippen molar-refractivity contribution < 1.29 is 18.7 Å². The third-order valence-electron chi connectivity index (χ3n) is 3.63. The molecule has 1 amide bonds. The van der Waals surface area contributed by atoms with E-state index in [1.165, 1.54) is 0 Å². The van der Waals surface area contributed by atoms with Gasteiger partial charge in [0.05, 0.1) is 18.9 Å². The predicted octanol–water partition coefficient (Wildman–Crippen LogP) is 2.82. The molecule has 1 aliphatic rings. The zero-order valence-electron chi connectivity index (χ0n) is 13.4. The molecule has 0 saturated carbocycles.